The maximum Gasteiger partial charge on any atom is 0.224 e. The quantitative estimate of drug-likeness (QED) is 0.828. The number of rotatable bonds is 4. The number of nitrogens with one attached hydrogen (secondary N) is 1. The first-order valence-electron chi connectivity index (χ1n) is 6.25. The van der Waals surface area contributed by atoms with E-state index in [4.69, 9.17) is 5.73 Å². The fraction of sp³-hybridized carbons (Fsp3) is 0.500. The average molecular weight is 232 g/mol. The molecule has 3 nitrogen and oxygen atoms in total. The molecule has 1 amide bonds. The number of nitrogens with two attached hydrogens (primary N) is 1. The number of hydrogen-bond donors (Lipinski definition) is 2. The smallest absolute Gasteiger partial charge is 0.224 e. The normalized spacial score (nSPS) is 22.9. The van der Waals surface area contributed by atoms with Gasteiger partial charge in [0, 0.05) is 12.6 Å². The Bertz CT molecular complexity index is 397. The van der Waals surface area contributed by atoms with Gasteiger partial charge in [-0.2, -0.15) is 0 Å². The number of hydrogen-bond acceptors (Lipinski definition) is 2. The Balaban J connectivity index is 1.89. The predicted octanol–water partition coefficient (Wildman–Crippen LogP) is 1.60. The lowest BCUT2D eigenvalue weighted by Crippen LogP contribution is -2.44. The molecule has 2 rings (SSSR count). The lowest BCUT2D eigenvalue weighted by molar-refractivity contribution is -0.121. The zero-order valence-electron chi connectivity index (χ0n) is 10.3. The van der Waals surface area contributed by atoms with Gasteiger partial charge in [-0.1, -0.05) is 31.2 Å². The van der Waals surface area contributed by atoms with E-state index in [9.17, 15) is 4.79 Å². The van der Waals surface area contributed by atoms with Crippen LogP contribution in [0.2, 0.25) is 0 Å². The molecule has 1 aromatic rings. The first-order chi connectivity index (χ1) is 8.19. The van der Waals surface area contributed by atoms with E-state index >= 15 is 0 Å². The molecule has 1 aliphatic rings. The summed E-state index contributed by atoms with van der Waals surface area (Å²) in [5, 5.41) is 3.07. The van der Waals surface area contributed by atoms with Gasteiger partial charge < -0.3 is 11.1 Å². The van der Waals surface area contributed by atoms with Crippen molar-refractivity contribution in [3.8, 4) is 0 Å². The van der Waals surface area contributed by atoms with Crippen LogP contribution < -0.4 is 11.1 Å². The van der Waals surface area contributed by atoms with Crippen LogP contribution in [0.15, 0.2) is 24.3 Å². The fourth-order valence-electron chi connectivity index (χ4n) is 2.40. The van der Waals surface area contributed by atoms with Gasteiger partial charge >= 0.3 is 0 Å². The first-order valence-corrected chi connectivity index (χ1v) is 6.25. The molecule has 92 valence electrons. The number of amides is 1. The number of carbonyl (C=O) groups is 1. The van der Waals surface area contributed by atoms with Crippen molar-refractivity contribution in [3.05, 3.63) is 35.4 Å². The van der Waals surface area contributed by atoms with Crippen LogP contribution in [0.3, 0.4) is 0 Å². The summed E-state index contributed by atoms with van der Waals surface area (Å²) in [5.74, 6) is 0.874. The highest BCUT2D eigenvalue weighted by molar-refractivity contribution is 5.79. The van der Waals surface area contributed by atoms with Gasteiger partial charge in [0.25, 0.3) is 0 Å². The van der Waals surface area contributed by atoms with E-state index in [0.29, 0.717) is 19.0 Å². The van der Waals surface area contributed by atoms with Crippen LogP contribution in [0.25, 0.3) is 0 Å². The standard InChI is InChI=1S/C14H20N2O/c1-10-6-13(7-10)16-14(17)8-11-4-2-3-5-12(11)9-15/h2-5,10,13H,6-9,15H2,1H3,(H,16,17). The second kappa shape index (κ2) is 5.32. The van der Waals surface area contributed by atoms with E-state index in [1.54, 1.807) is 0 Å². The molecule has 0 aromatic heterocycles. The van der Waals surface area contributed by atoms with Crippen LogP contribution in [0, 0.1) is 5.92 Å². The van der Waals surface area contributed by atoms with Crippen molar-refractivity contribution < 1.29 is 4.79 Å². The predicted molar refractivity (Wildman–Crippen MR) is 68.4 cm³/mol. The average Bonchev–Trinajstić information content (AvgIpc) is 2.27. The maximum absolute atomic E-state index is 11.8. The number of carbonyl (C=O) groups excluding carboxylic acids is 1. The van der Waals surface area contributed by atoms with Crippen LogP contribution in [-0.2, 0) is 17.8 Å². The van der Waals surface area contributed by atoms with E-state index in [-0.39, 0.29) is 5.91 Å². The molecule has 3 N–H and O–H groups in total. The van der Waals surface area contributed by atoms with Gasteiger partial charge in [0.15, 0.2) is 0 Å². The van der Waals surface area contributed by atoms with Crippen molar-refractivity contribution in [2.24, 2.45) is 11.7 Å². The molecule has 0 aliphatic heterocycles. The highest BCUT2D eigenvalue weighted by atomic mass is 16.1. The molecule has 3 heteroatoms. The molecule has 0 heterocycles. The van der Waals surface area contributed by atoms with Crippen molar-refractivity contribution in [1.29, 1.82) is 0 Å². The van der Waals surface area contributed by atoms with Gasteiger partial charge in [-0.15, -0.1) is 0 Å². The topological polar surface area (TPSA) is 55.1 Å². The minimum absolute atomic E-state index is 0.114. The third-order valence-electron chi connectivity index (χ3n) is 3.43. The van der Waals surface area contributed by atoms with E-state index < -0.39 is 0 Å². The zero-order chi connectivity index (χ0) is 12.3. The second-order valence-electron chi connectivity index (χ2n) is 4.99. The molecule has 1 aliphatic carbocycles. The van der Waals surface area contributed by atoms with Crippen molar-refractivity contribution in [3.63, 3.8) is 0 Å². The SMILES string of the molecule is CC1CC(NC(=O)Cc2ccccc2CN)C1. The van der Waals surface area contributed by atoms with Crippen LogP contribution >= 0.6 is 0 Å². The summed E-state index contributed by atoms with van der Waals surface area (Å²) in [6, 6.07) is 8.26. The molecule has 17 heavy (non-hydrogen) atoms. The monoisotopic (exact) mass is 232 g/mol. The van der Waals surface area contributed by atoms with Gasteiger partial charge in [-0.3, -0.25) is 4.79 Å². The van der Waals surface area contributed by atoms with Crippen molar-refractivity contribution in [2.45, 2.75) is 38.8 Å². The van der Waals surface area contributed by atoms with E-state index in [1.807, 2.05) is 24.3 Å². The molecule has 1 fully saturated rings. The summed E-state index contributed by atoms with van der Waals surface area (Å²) in [6.07, 6.45) is 2.67. The zero-order valence-corrected chi connectivity index (χ0v) is 10.3. The van der Waals surface area contributed by atoms with Crippen LogP contribution in [0.1, 0.15) is 30.9 Å². The molecular formula is C14H20N2O. The van der Waals surface area contributed by atoms with Crippen LogP contribution in [0.5, 0.6) is 0 Å². The fourth-order valence-corrected chi connectivity index (χ4v) is 2.40. The molecule has 0 radical (unpaired) electrons. The van der Waals surface area contributed by atoms with Crippen LogP contribution in [0.4, 0.5) is 0 Å². The summed E-state index contributed by atoms with van der Waals surface area (Å²) in [6.45, 7) is 2.70. The second-order valence-corrected chi connectivity index (χ2v) is 4.99. The minimum atomic E-state index is 0.114. The van der Waals surface area contributed by atoms with Crippen molar-refractivity contribution in [1.82, 2.24) is 5.32 Å². The third-order valence-corrected chi connectivity index (χ3v) is 3.43. The van der Waals surface area contributed by atoms with Gasteiger partial charge in [0.2, 0.25) is 5.91 Å². The Morgan fingerprint density at radius 2 is 2.00 bits per heavy atom. The molecule has 0 bridgehead atoms. The molecular weight excluding hydrogens is 212 g/mol. The minimum Gasteiger partial charge on any atom is -0.353 e. The van der Waals surface area contributed by atoms with E-state index in [2.05, 4.69) is 12.2 Å². The summed E-state index contributed by atoms with van der Waals surface area (Å²) in [5.41, 5.74) is 7.75. The highest BCUT2D eigenvalue weighted by Crippen LogP contribution is 2.26. The first kappa shape index (κ1) is 12.1. The van der Waals surface area contributed by atoms with Crippen molar-refractivity contribution in [2.75, 3.05) is 0 Å². The lowest BCUT2D eigenvalue weighted by Gasteiger charge is -2.33. The maximum atomic E-state index is 11.8. The summed E-state index contributed by atoms with van der Waals surface area (Å²) in [4.78, 5) is 11.8. The van der Waals surface area contributed by atoms with Gasteiger partial charge in [0.05, 0.1) is 6.42 Å². The Morgan fingerprint density at radius 3 is 2.59 bits per heavy atom. The highest BCUT2D eigenvalue weighted by Gasteiger charge is 2.26. The summed E-state index contributed by atoms with van der Waals surface area (Å²) >= 11 is 0. The molecule has 0 unspecified atom stereocenters. The van der Waals surface area contributed by atoms with Gasteiger partial charge in [-0.25, -0.2) is 0 Å². The van der Waals surface area contributed by atoms with Crippen LogP contribution in [-0.4, -0.2) is 11.9 Å². The van der Waals surface area contributed by atoms with E-state index in [1.165, 1.54) is 0 Å². The summed E-state index contributed by atoms with van der Waals surface area (Å²) < 4.78 is 0. The van der Waals surface area contributed by atoms with E-state index in [0.717, 1.165) is 29.9 Å². The molecule has 0 atom stereocenters. The third kappa shape index (κ3) is 3.07. The lowest BCUT2D eigenvalue weighted by atomic mass is 9.82. The molecule has 0 saturated heterocycles. The Labute approximate surface area is 102 Å². The molecule has 1 aromatic carbocycles. The van der Waals surface area contributed by atoms with Gasteiger partial charge in [0.1, 0.15) is 0 Å². The number of benzene rings is 1. The Hall–Kier alpha value is -1.35. The van der Waals surface area contributed by atoms with Crippen molar-refractivity contribution >= 4 is 5.91 Å². The molecule has 0 spiro atoms. The Morgan fingerprint density at radius 1 is 1.35 bits per heavy atom. The van der Waals surface area contributed by atoms with Gasteiger partial charge in [-0.05, 0) is 29.9 Å². The molecule has 1 saturated carbocycles. The Kier molecular flexibility index (Phi) is 3.79. The largest absolute Gasteiger partial charge is 0.353 e. The summed E-state index contributed by atoms with van der Waals surface area (Å²) in [7, 11) is 0.